The Morgan fingerprint density at radius 3 is 2.58 bits per heavy atom. The van der Waals surface area contributed by atoms with Crippen LogP contribution < -0.4 is 5.69 Å². The first-order valence-electron chi connectivity index (χ1n) is 3.36. The molecule has 5 nitrogen and oxygen atoms in total. The molecule has 1 aromatic heterocycles. The smallest absolute Gasteiger partial charge is 0.244 e. The maximum atomic E-state index is 11.1. The summed E-state index contributed by atoms with van der Waals surface area (Å²) >= 11 is 11.7. The Hall–Kier alpha value is -0.550. The average molecular weight is 209 g/mol. The van der Waals surface area contributed by atoms with Gasteiger partial charge in [-0.2, -0.15) is 4.68 Å². The Kier molecular flexibility index (Phi) is 1.36. The van der Waals surface area contributed by atoms with Crippen LogP contribution >= 0.6 is 23.2 Å². The van der Waals surface area contributed by atoms with Crippen molar-refractivity contribution in [2.75, 3.05) is 0 Å². The van der Waals surface area contributed by atoms with Crippen LogP contribution in [0.15, 0.2) is 4.79 Å². The van der Waals surface area contributed by atoms with Crippen LogP contribution in [0, 0.1) is 0 Å². The number of alkyl halides is 2. The lowest BCUT2D eigenvalue weighted by Gasteiger charge is -2.08. The number of aromatic nitrogens is 4. The lowest BCUT2D eigenvalue weighted by atomic mass is 10.3. The Labute approximate surface area is 77.6 Å². The van der Waals surface area contributed by atoms with E-state index in [0.717, 1.165) is 0 Å². The zero-order chi connectivity index (χ0) is 8.98. The second kappa shape index (κ2) is 2.03. The standard InChI is InChI=1S/C5H6Cl2N4O/c1-4(2-5(4,6)7)11-3(12)8-9-10-11/h2H2,1H3,(H,8,10,12). The highest BCUT2D eigenvalue weighted by atomic mass is 35.5. The number of H-pyrrole nitrogens is 1. The molecule has 0 aliphatic heterocycles. The van der Waals surface area contributed by atoms with Crippen molar-refractivity contribution in [3.05, 3.63) is 10.5 Å². The van der Waals surface area contributed by atoms with E-state index in [1.807, 2.05) is 0 Å². The number of aromatic amines is 1. The van der Waals surface area contributed by atoms with Crippen LogP contribution in [0.5, 0.6) is 0 Å². The first kappa shape index (κ1) is 8.07. The SMILES string of the molecule is CC1(n2nn[nH]c2=O)CC1(Cl)Cl. The predicted octanol–water partition coefficient (Wildman–Crippen LogP) is 0.259. The van der Waals surface area contributed by atoms with Crippen LogP contribution in [0.1, 0.15) is 13.3 Å². The van der Waals surface area contributed by atoms with Gasteiger partial charge in [-0.1, -0.05) is 23.2 Å². The molecule has 0 amide bonds. The second-order valence-electron chi connectivity index (χ2n) is 3.07. The minimum absolute atomic E-state index is 0.388. The molecule has 1 unspecified atom stereocenters. The zero-order valence-corrected chi connectivity index (χ0v) is 7.72. The van der Waals surface area contributed by atoms with Crippen molar-refractivity contribution in [1.29, 1.82) is 0 Å². The van der Waals surface area contributed by atoms with E-state index in [9.17, 15) is 4.79 Å². The summed E-state index contributed by atoms with van der Waals surface area (Å²) in [7, 11) is 0. The van der Waals surface area contributed by atoms with E-state index in [-0.39, 0.29) is 5.69 Å². The van der Waals surface area contributed by atoms with Crippen molar-refractivity contribution in [3.63, 3.8) is 0 Å². The number of halogens is 2. The fraction of sp³-hybridized carbons (Fsp3) is 0.800. The number of hydrogen-bond acceptors (Lipinski definition) is 3. The molecule has 1 N–H and O–H groups in total. The summed E-state index contributed by atoms with van der Waals surface area (Å²) in [6.07, 6.45) is 0.509. The lowest BCUT2D eigenvalue weighted by molar-refractivity contribution is 0.439. The topological polar surface area (TPSA) is 63.6 Å². The number of hydrogen-bond donors (Lipinski definition) is 1. The zero-order valence-electron chi connectivity index (χ0n) is 6.21. The van der Waals surface area contributed by atoms with E-state index in [4.69, 9.17) is 23.2 Å². The summed E-state index contributed by atoms with van der Waals surface area (Å²) in [5, 5.41) is 9.11. The maximum Gasteiger partial charge on any atom is 0.361 e. The van der Waals surface area contributed by atoms with Gasteiger partial charge in [-0.15, -0.1) is 0 Å². The molecule has 7 heteroatoms. The molecule has 0 aromatic carbocycles. The maximum absolute atomic E-state index is 11.1. The first-order valence-corrected chi connectivity index (χ1v) is 4.12. The second-order valence-corrected chi connectivity index (χ2v) is 4.56. The summed E-state index contributed by atoms with van der Waals surface area (Å²) in [5.74, 6) is 0. The Morgan fingerprint density at radius 1 is 1.67 bits per heavy atom. The third-order valence-electron chi connectivity index (χ3n) is 2.17. The molecule has 0 radical (unpaired) electrons. The van der Waals surface area contributed by atoms with Crippen molar-refractivity contribution in [2.24, 2.45) is 0 Å². The molecule has 1 aromatic rings. The van der Waals surface area contributed by atoms with E-state index in [0.29, 0.717) is 6.42 Å². The quantitative estimate of drug-likeness (QED) is 0.674. The van der Waals surface area contributed by atoms with Gasteiger partial charge in [0.15, 0.2) is 0 Å². The Bertz CT molecular complexity index is 370. The van der Waals surface area contributed by atoms with Crippen molar-refractivity contribution >= 4 is 23.2 Å². The van der Waals surface area contributed by atoms with Gasteiger partial charge in [-0.25, -0.2) is 9.89 Å². The predicted molar refractivity (Wildman–Crippen MR) is 43.3 cm³/mol. The minimum Gasteiger partial charge on any atom is -0.244 e. The van der Waals surface area contributed by atoms with Gasteiger partial charge in [0.05, 0.1) is 0 Å². The number of nitrogens with one attached hydrogen (secondary N) is 1. The summed E-state index contributed by atoms with van der Waals surface area (Å²) in [6.45, 7) is 1.76. The van der Waals surface area contributed by atoms with E-state index in [1.54, 1.807) is 6.92 Å². The molecule has 1 saturated carbocycles. The lowest BCUT2D eigenvalue weighted by Crippen LogP contribution is -2.31. The molecule has 1 aliphatic carbocycles. The normalized spacial score (nSPS) is 31.9. The van der Waals surface area contributed by atoms with Crippen molar-refractivity contribution in [3.8, 4) is 0 Å². The molecular weight excluding hydrogens is 203 g/mol. The van der Waals surface area contributed by atoms with E-state index in [2.05, 4.69) is 15.5 Å². The molecule has 66 valence electrons. The summed E-state index contributed by atoms with van der Waals surface area (Å²) in [6, 6.07) is 0. The molecule has 1 atom stereocenters. The average Bonchev–Trinajstić information content (AvgIpc) is 2.36. The van der Waals surface area contributed by atoms with Crippen molar-refractivity contribution in [1.82, 2.24) is 20.2 Å². The van der Waals surface area contributed by atoms with Crippen molar-refractivity contribution in [2.45, 2.75) is 23.2 Å². The van der Waals surface area contributed by atoms with Gasteiger partial charge in [0.25, 0.3) is 0 Å². The summed E-state index contributed by atoms with van der Waals surface area (Å²) < 4.78 is 0.278. The number of nitrogens with zero attached hydrogens (tertiary/aromatic N) is 3. The minimum atomic E-state index is -0.895. The van der Waals surface area contributed by atoms with Crippen LogP contribution in [0.4, 0.5) is 0 Å². The van der Waals surface area contributed by atoms with Gasteiger partial charge in [0.2, 0.25) is 0 Å². The van der Waals surface area contributed by atoms with Crippen molar-refractivity contribution < 1.29 is 0 Å². The van der Waals surface area contributed by atoms with Crippen LogP contribution in [0.2, 0.25) is 0 Å². The molecule has 1 fully saturated rings. The van der Waals surface area contributed by atoms with Gasteiger partial charge in [0.1, 0.15) is 9.87 Å². The van der Waals surface area contributed by atoms with Crippen LogP contribution in [-0.4, -0.2) is 24.5 Å². The fourth-order valence-corrected chi connectivity index (χ4v) is 1.82. The summed E-state index contributed by atoms with van der Waals surface area (Å²) in [5.41, 5.74) is -0.999. The fourth-order valence-electron chi connectivity index (χ4n) is 1.14. The van der Waals surface area contributed by atoms with Gasteiger partial charge in [-0.05, 0) is 17.4 Å². The van der Waals surface area contributed by atoms with Crippen LogP contribution in [0.25, 0.3) is 0 Å². The highest BCUT2D eigenvalue weighted by Gasteiger charge is 2.66. The van der Waals surface area contributed by atoms with Gasteiger partial charge in [0, 0.05) is 6.42 Å². The van der Waals surface area contributed by atoms with E-state index < -0.39 is 9.87 Å². The third kappa shape index (κ3) is 0.834. The molecular formula is C5H6Cl2N4O. The number of rotatable bonds is 1. The Morgan fingerprint density at radius 2 is 2.25 bits per heavy atom. The highest BCUT2D eigenvalue weighted by molar-refractivity contribution is 6.51. The first-order chi connectivity index (χ1) is 5.47. The monoisotopic (exact) mass is 208 g/mol. The summed E-state index contributed by atoms with van der Waals surface area (Å²) in [4.78, 5) is 11.1. The largest absolute Gasteiger partial charge is 0.361 e. The highest BCUT2D eigenvalue weighted by Crippen LogP contribution is 2.60. The van der Waals surface area contributed by atoms with E-state index >= 15 is 0 Å². The van der Waals surface area contributed by atoms with E-state index in [1.165, 1.54) is 4.68 Å². The van der Waals surface area contributed by atoms with Crippen LogP contribution in [0.3, 0.4) is 0 Å². The van der Waals surface area contributed by atoms with Gasteiger partial charge < -0.3 is 0 Å². The molecule has 2 rings (SSSR count). The number of tetrazole rings is 1. The van der Waals surface area contributed by atoms with Crippen LogP contribution in [-0.2, 0) is 5.54 Å². The molecule has 0 bridgehead atoms. The molecule has 12 heavy (non-hydrogen) atoms. The van der Waals surface area contributed by atoms with Gasteiger partial charge in [-0.3, -0.25) is 0 Å². The van der Waals surface area contributed by atoms with Gasteiger partial charge >= 0.3 is 5.69 Å². The molecule has 0 spiro atoms. The molecule has 0 saturated heterocycles. The molecule has 1 aliphatic rings. The third-order valence-corrected chi connectivity index (χ3v) is 3.25. The molecule has 1 heterocycles. The Balaban J connectivity index is 2.47.